The van der Waals surface area contributed by atoms with Crippen molar-refractivity contribution in [3.8, 4) is 5.75 Å². The molecule has 2 fully saturated rings. The third kappa shape index (κ3) is 5.07. The summed E-state index contributed by atoms with van der Waals surface area (Å²) in [4.78, 5) is 43.5. The molecule has 8 atom stereocenters. The van der Waals surface area contributed by atoms with Crippen molar-refractivity contribution in [2.45, 2.75) is 43.4 Å². The zero-order valence-corrected chi connectivity index (χ0v) is 27.5. The number of anilines is 2. The lowest BCUT2D eigenvalue weighted by Crippen LogP contribution is -2.73. The number of ketones is 2. The molecule has 12 nitrogen and oxygen atoms in total. The summed E-state index contributed by atoms with van der Waals surface area (Å²) >= 11 is 5.64. The topological polar surface area (TPSA) is 189 Å². The van der Waals surface area contributed by atoms with Gasteiger partial charge < -0.3 is 46.6 Å². The summed E-state index contributed by atoms with van der Waals surface area (Å²) in [5.74, 6) is -7.41. The second-order valence-electron chi connectivity index (χ2n) is 13.6. The molecule has 8 N–H and O–H groups in total. The molecule has 1 aromatic rings. The van der Waals surface area contributed by atoms with E-state index in [4.69, 9.17) is 18.0 Å². The van der Waals surface area contributed by atoms with Crippen LogP contribution in [0.4, 0.5) is 11.4 Å². The van der Waals surface area contributed by atoms with E-state index in [1.807, 2.05) is 31.1 Å². The molecule has 5 aliphatic rings. The lowest BCUT2D eigenvalue weighted by molar-refractivity contribution is -0.184. The van der Waals surface area contributed by atoms with Crippen molar-refractivity contribution in [2.75, 3.05) is 38.4 Å². The Labute approximate surface area is 278 Å². The number of Topliss-reactive ketones (excluding diaryl/α,β-unsaturated/α-hetero) is 2. The summed E-state index contributed by atoms with van der Waals surface area (Å²) in [6.07, 6.45) is 11.2. The van der Waals surface area contributed by atoms with E-state index in [9.17, 15) is 34.8 Å². The van der Waals surface area contributed by atoms with Gasteiger partial charge in [0.1, 0.15) is 17.4 Å². The summed E-state index contributed by atoms with van der Waals surface area (Å²) in [6, 6.07) is 0.758. The largest absolute Gasteiger partial charge is 0.507 e. The van der Waals surface area contributed by atoms with Crippen LogP contribution in [-0.2, 0) is 20.8 Å². The molecular weight excluding hydrogens is 622 g/mol. The average Bonchev–Trinajstić information content (AvgIpc) is 3.00. The number of rotatable bonds is 5. The molecule has 0 aromatic heterocycles. The predicted molar refractivity (Wildman–Crippen MR) is 180 cm³/mol. The number of hydrogen-bond donors (Lipinski definition) is 7. The maximum Gasteiger partial charge on any atom is 0.230 e. The number of aromatic hydroxyl groups is 1. The highest BCUT2D eigenvalue weighted by atomic mass is 32.1. The smallest absolute Gasteiger partial charge is 0.230 e. The molecule has 6 rings (SSSR count). The molecule has 47 heavy (non-hydrogen) atoms. The highest BCUT2D eigenvalue weighted by Crippen LogP contribution is 2.54. The van der Waals surface area contributed by atoms with Crippen LogP contribution < -0.4 is 21.3 Å². The fourth-order valence-corrected chi connectivity index (χ4v) is 8.60. The van der Waals surface area contributed by atoms with Crippen LogP contribution in [0.15, 0.2) is 47.7 Å². The van der Waals surface area contributed by atoms with Gasteiger partial charge in [0, 0.05) is 48.9 Å². The minimum Gasteiger partial charge on any atom is -0.507 e. The summed E-state index contributed by atoms with van der Waals surface area (Å²) in [7, 11) is 6.86. The first-order valence-corrected chi connectivity index (χ1v) is 16.2. The van der Waals surface area contributed by atoms with Gasteiger partial charge in [-0.3, -0.25) is 14.4 Å². The second-order valence-corrected chi connectivity index (χ2v) is 14.0. The van der Waals surface area contributed by atoms with Crippen molar-refractivity contribution in [1.29, 1.82) is 0 Å². The zero-order valence-electron chi connectivity index (χ0n) is 26.7. The van der Waals surface area contributed by atoms with Gasteiger partial charge in [0.05, 0.1) is 17.4 Å². The van der Waals surface area contributed by atoms with Gasteiger partial charge in [0.25, 0.3) is 0 Å². The van der Waals surface area contributed by atoms with Crippen molar-refractivity contribution in [3.05, 3.63) is 58.8 Å². The molecular formula is C34H41N5O7S. The molecule has 0 saturated heterocycles. The third-order valence-corrected chi connectivity index (χ3v) is 10.7. The number of carbonyl (C=O) groups excluding carboxylic acids is 3. The zero-order chi connectivity index (χ0) is 34.1. The van der Waals surface area contributed by atoms with E-state index in [0.717, 1.165) is 18.5 Å². The molecule has 0 bridgehead atoms. The number of phenolic OH excluding ortho intramolecular Hbond substituents is 1. The second kappa shape index (κ2) is 11.9. The number of nitrogens with two attached hydrogens (primary N) is 1. The Bertz CT molecular complexity index is 1700. The normalized spacial score (nSPS) is 32.6. The monoisotopic (exact) mass is 663 g/mol. The van der Waals surface area contributed by atoms with Crippen LogP contribution in [-0.4, -0.2) is 93.8 Å². The van der Waals surface area contributed by atoms with E-state index >= 15 is 0 Å². The number of amides is 1. The molecule has 1 aromatic carbocycles. The molecule has 13 heteroatoms. The molecule has 2 saturated carbocycles. The minimum absolute atomic E-state index is 0.0165. The van der Waals surface area contributed by atoms with E-state index in [-0.39, 0.29) is 46.4 Å². The van der Waals surface area contributed by atoms with Gasteiger partial charge in [0.15, 0.2) is 16.5 Å². The Morgan fingerprint density at radius 1 is 1.13 bits per heavy atom. The van der Waals surface area contributed by atoms with Crippen LogP contribution in [0.25, 0.3) is 5.76 Å². The molecule has 1 amide bonds. The number of thiocarbonyl (C=S) groups is 1. The van der Waals surface area contributed by atoms with Crippen molar-refractivity contribution in [2.24, 2.45) is 35.3 Å². The van der Waals surface area contributed by atoms with Crippen molar-refractivity contribution in [3.63, 3.8) is 0 Å². The van der Waals surface area contributed by atoms with Crippen molar-refractivity contribution in [1.82, 2.24) is 10.2 Å². The number of primary amides is 1. The molecule has 0 heterocycles. The maximum absolute atomic E-state index is 14.2. The van der Waals surface area contributed by atoms with Crippen molar-refractivity contribution >= 4 is 51.9 Å². The first-order valence-electron chi connectivity index (χ1n) is 15.8. The van der Waals surface area contributed by atoms with Gasteiger partial charge >= 0.3 is 0 Å². The van der Waals surface area contributed by atoms with Gasteiger partial charge in [-0.2, -0.15) is 0 Å². The first kappa shape index (κ1) is 32.9. The van der Waals surface area contributed by atoms with Gasteiger partial charge in [-0.15, -0.1) is 0 Å². The van der Waals surface area contributed by atoms with Gasteiger partial charge in [-0.25, -0.2) is 0 Å². The van der Waals surface area contributed by atoms with Gasteiger partial charge in [-0.1, -0.05) is 24.3 Å². The van der Waals surface area contributed by atoms with Crippen LogP contribution in [0.1, 0.15) is 30.4 Å². The number of aliphatic hydroxyl groups is 3. The lowest BCUT2D eigenvalue weighted by Gasteiger charge is -2.53. The Hall–Kier alpha value is -4.04. The van der Waals surface area contributed by atoms with Gasteiger partial charge in [-0.05, 0) is 81.5 Å². The van der Waals surface area contributed by atoms with Crippen LogP contribution in [0, 0.1) is 29.6 Å². The standard InChI is InChI=1S/C34H41N5O7S/c1-38(2)22-14-21(37-33(47)36-20-11-7-9-15-8-5-6-10-17(15)20)27(40)24-18(22)12-16-13-19-26(39(3)4)29(42)25(32(35)45)31(44)34(19,46)30(43)23(16)28(24)41/h6-7,9-11,14-17,19,25-26,29,40-42,46H,5,8,12-13H2,1-4H3,(H2,35,45)(H2,36,37,47)/t15?,16-,17?,19-,25?,26-,29?,34-/m0/s1. The van der Waals surface area contributed by atoms with E-state index < -0.39 is 58.7 Å². The van der Waals surface area contributed by atoms with Crippen LogP contribution in [0.3, 0.4) is 0 Å². The maximum atomic E-state index is 14.2. The number of phenols is 1. The predicted octanol–water partition coefficient (Wildman–Crippen LogP) is 1.52. The molecule has 5 aliphatic carbocycles. The molecule has 0 spiro atoms. The fraction of sp³-hybridized carbons (Fsp3) is 0.471. The number of hydrogen-bond acceptors (Lipinski definition) is 10. The quantitative estimate of drug-likeness (QED) is 0.104. The Morgan fingerprint density at radius 2 is 1.85 bits per heavy atom. The number of nitrogens with one attached hydrogen (secondary N) is 2. The fourth-order valence-electron chi connectivity index (χ4n) is 8.37. The number of likely N-dealkylation sites (N-methyl/N-ethyl adjacent to an activating group) is 1. The van der Waals surface area contributed by atoms with Gasteiger partial charge in [0.2, 0.25) is 11.7 Å². The Kier molecular flexibility index (Phi) is 8.32. The van der Waals surface area contributed by atoms with Crippen molar-refractivity contribution < 1.29 is 34.8 Å². The van der Waals surface area contributed by atoms with E-state index in [1.54, 1.807) is 25.1 Å². The molecule has 0 aliphatic heterocycles. The Morgan fingerprint density at radius 3 is 2.51 bits per heavy atom. The van der Waals surface area contributed by atoms with E-state index in [1.165, 1.54) is 0 Å². The molecule has 4 unspecified atom stereocenters. The SMILES string of the molecule is CN(C)c1cc(NC(=S)NC2=CC=CC3CCC=CC23)c(O)c2c1C[C@H]1C[C@H]3[C@H](N(C)C)C(O)C(C(N)=O)C(=O)[C@@]3(O)C(=O)C1=C2O. The summed E-state index contributed by atoms with van der Waals surface area (Å²) in [6.45, 7) is 0. The average molecular weight is 664 g/mol. The van der Waals surface area contributed by atoms with Crippen LogP contribution >= 0.6 is 12.2 Å². The Balaban J connectivity index is 1.40. The first-order chi connectivity index (χ1) is 22.2. The molecule has 0 radical (unpaired) electrons. The number of benzene rings is 1. The van der Waals surface area contributed by atoms with Crippen LogP contribution in [0.5, 0.6) is 5.75 Å². The minimum atomic E-state index is -2.72. The third-order valence-electron chi connectivity index (χ3n) is 10.5. The number of fused-ring (bicyclic) bond motifs is 4. The number of aliphatic hydroxyl groups excluding tert-OH is 2. The number of carbonyl (C=O) groups is 3. The molecule has 250 valence electrons. The summed E-state index contributed by atoms with van der Waals surface area (Å²) < 4.78 is 0. The van der Waals surface area contributed by atoms with Crippen LogP contribution in [0.2, 0.25) is 0 Å². The highest BCUT2D eigenvalue weighted by Gasteiger charge is 2.67. The highest BCUT2D eigenvalue weighted by molar-refractivity contribution is 7.80. The summed E-state index contributed by atoms with van der Waals surface area (Å²) in [5, 5.41) is 52.9. The van der Waals surface area contributed by atoms with E-state index in [0.29, 0.717) is 17.2 Å². The number of allylic oxidation sites excluding steroid dienone is 5. The summed E-state index contributed by atoms with van der Waals surface area (Å²) in [5.41, 5.74) is 4.83. The number of nitrogens with zero attached hydrogens (tertiary/aromatic N) is 2. The van der Waals surface area contributed by atoms with E-state index in [2.05, 4.69) is 28.9 Å². The lowest BCUT2D eigenvalue weighted by atomic mass is 9.54.